The molecule has 1 aliphatic heterocycles. The molecule has 1 amide bonds. The summed E-state index contributed by atoms with van der Waals surface area (Å²) in [5, 5.41) is 3.92. The van der Waals surface area contributed by atoms with E-state index in [-0.39, 0.29) is 32.1 Å². The highest BCUT2D eigenvalue weighted by Gasteiger charge is 2.25. The van der Waals surface area contributed by atoms with Gasteiger partial charge in [0.25, 0.3) is 5.91 Å². The van der Waals surface area contributed by atoms with Gasteiger partial charge in [-0.3, -0.25) is 9.59 Å². The second-order valence-electron chi connectivity index (χ2n) is 6.26. The van der Waals surface area contributed by atoms with Crippen molar-refractivity contribution < 1.29 is 23.6 Å². The number of hydrogen-bond acceptors (Lipinski definition) is 6. The molecule has 0 N–H and O–H groups in total. The Morgan fingerprint density at radius 3 is 2.75 bits per heavy atom. The van der Waals surface area contributed by atoms with E-state index in [4.69, 9.17) is 14.0 Å². The predicted octanol–water partition coefficient (Wildman–Crippen LogP) is 3.20. The number of rotatable bonds is 6. The van der Waals surface area contributed by atoms with Crippen molar-refractivity contribution >= 4 is 17.6 Å². The maximum absolute atomic E-state index is 12.1. The summed E-state index contributed by atoms with van der Waals surface area (Å²) in [5.41, 5.74) is 2.09. The molecule has 142 valence electrons. The zero-order chi connectivity index (χ0) is 19.3. The molecular formula is C21H18N2O5. The lowest BCUT2D eigenvalue weighted by Gasteiger charge is -2.28. The van der Waals surface area contributed by atoms with Crippen LogP contribution in [0.3, 0.4) is 0 Å². The summed E-state index contributed by atoms with van der Waals surface area (Å²) in [6.45, 7) is 0.211. The lowest BCUT2D eigenvalue weighted by molar-refractivity contribution is -0.144. The highest BCUT2D eigenvalue weighted by Crippen LogP contribution is 2.31. The van der Waals surface area contributed by atoms with Gasteiger partial charge in [0.2, 0.25) is 0 Å². The molecule has 1 aliphatic rings. The zero-order valence-corrected chi connectivity index (χ0v) is 15.0. The van der Waals surface area contributed by atoms with Crippen molar-refractivity contribution in [2.45, 2.75) is 13.0 Å². The zero-order valence-electron chi connectivity index (χ0n) is 15.0. The quantitative estimate of drug-likeness (QED) is 0.613. The van der Waals surface area contributed by atoms with Crippen LogP contribution in [0.1, 0.15) is 12.1 Å². The van der Waals surface area contributed by atoms with Gasteiger partial charge in [0.05, 0.1) is 12.1 Å². The van der Waals surface area contributed by atoms with Gasteiger partial charge in [-0.2, -0.15) is 0 Å². The number of nitrogens with zero attached hydrogens (tertiary/aromatic N) is 2. The second-order valence-corrected chi connectivity index (χ2v) is 6.26. The summed E-state index contributed by atoms with van der Waals surface area (Å²) in [6.07, 6.45) is 0.0729. The number of anilines is 1. The Balaban J connectivity index is 1.31. The molecule has 1 aromatic heterocycles. The van der Waals surface area contributed by atoms with Crippen LogP contribution in [-0.2, 0) is 20.9 Å². The molecule has 0 unspecified atom stereocenters. The first-order chi connectivity index (χ1) is 13.7. The third-order valence-corrected chi connectivity index (χ3v) is 4.35. The minimum Gasteiger partial charge on any atom is -0.482 e. The highest BCUT2D eigenvalue weighted by molar-refractivity contribution is 5.98. The fourth-order valence-corrected chi connectivity index (χ4v) is 2.95. The SMILES string of the molecule is O=C(CCN1C(=O)COc2ccccc21)OCc1cc(-c2ccccc2)on1. The topological polar surface area (TPSA) is 81.9 Å². The van der Waals surface area contributed by atoms with Crippen molar-refractivity contribution in [1.82, 2.24) is 5.16 Å². The van der Waals surface area contributed by atoms with E-state index in [0.717, 1.165) is 5.56 Å². The van der Waals surface area contributed by atoms with E-state index in [9.17, 15) is 9.59 Å². The summed E-state index contributed by atoms with van der Waals surface area (Å²) in [6, 6.07) is 18.5. The number of amides is 1. The first-order valence-corrected chi connectivity index (χ1v) is 8.89. The van der Waals surface area contributed by atoms with Crippen LogP contribution in [-0.4, -0.2) is 30.2 Å². The van der Waals surface area contributed by atoms with Crippen LogP contribution in [0, 0.1) is 0 Å². The monoisotopic (exact) mass is 378 g/mol. The van der Waals surface area contributed by atoms with Crippen molar-refractivity contribution in [3.8, 4) is 17.1 Å². The number of fused-ring (bicyclic) bond motifs is 1. The molecule has 0 radical (unpaired) electrons. The van der Waals surface area contributed by atoms with Crippen molar-refractivity contribution in [2.24, 2.45) is 0 Å². The molecule has 7 heteroatoms. The molecule has 2 heterocycles. The third-order valence-electron chi connectivity index (χ3n) is 4.35. The van der Waals surface area contributed by atoms with Gasteiger partial charge in [0.1, 0.15) is 18.1 Å². The highest BCUT2D eigenvalue weighted by atomic mass is 16.5. The van der Waals surface area contributed by atoms with Gasteiger partial charge >= 0.3 is 5.97 Å². The summed E-state index contributed by atoms with van der Waals surface area (Å²) in [5.74, 6) is 0.644. The van der Waals surface area contributed by atoms with Crippen LogP contribution in [0.15, 0.2) is 65.2 Å². The van der Waals surface area contributed by atoms with Crippen LogP contribution in [0.5, 0.6) is 5.75 Å². The Kier molecular flexibility index (Phi) is 5.05. The summed E-state index contributed by atoms with van der Waals surface area (Å²) in [7, 11) is 0. The predicted molar refractivity (Wildman–Crippen MR) is 101 cm³/mol. The second kappa shape index (κ2) is 7.96. The number of carbonyl (C=O) groups is 2. The van der Waals surface area contributed by atoms with E-state index >= 15 is 0 Å². The molecule has 0 aliphatic carbocycles. The Hall–Kier alpha value is -3.61. The standard InChI is InChI=1S/C21H18N2O5/c24-20-14-26-18-9-5-4-8-17(18)23(20)11-10-21(25)27-13-16-12-19(28-22-16)15-6-2-1-3-7-15/h1-9,12H,10-11,13-14H2. The molecule has 0 saturated heterocycles. The van der Waals surface area contributed by atoms with E-state index in [0.29, 0.717) is 22.9 Å². The number of carbonyl (C=O) groups excluding carboxylic acids is 2. The van der Waals surface area contributed by atoms with Gasteiger partial charge in [0.15, 0.2) is 12.4 Å². The Morgan fingerprint density at radius 1 is 1.11 bits per heavy atom. The van der Waals surface area contributed by atoms with E-state index in [2.05, 4.69) is 5.16 Å². The van der Waals surface area contributed by atoms with Gasteiger partial charge in [-0.25, -0.2) is 0 Å². The molecule has 4 rings (SSSR count). The van der Waals surface area contributed by atoms with Gasteiger partial charge in [-0.1, -0.05) is 47.6 Å². The van der Waals surface area contributed by atoms with Crippen LogP contribution in [0.25, 0.3) is 11.3 Å². The normalized spacial score (nSPS) is 13.0. The van der Waals surface area contributed by atoms with Gasteiger partial charge in [0, 0.05) is 18.2 Å². The van der Waals surface area contributed by atoms with Crippen molar-refractivity contribution in [1.29, 1.82) is 0 Å². The Bertz CT molecular complexity index is 983. The molecule has 0 spiro atoms. The number of aromatic nitrogens is 1. The first kappa shape index (κ1) is 17.8. The number of benzene rings is 2. The van der Waals surface area contributed by atoms with Crippen molar-refractivity contribution in [3.63, 3.8) is 0 Å². The van der Waals surface area contributed by atoms with Crippen LogP contribution < -0.4 is 9.64 Å². The number of ether oxygens (including phenoxy) is 2. The molecule has 0 atom stereocenters. The molecule has 7 nitrogen and oxygen atoms in total. The fourth-order valence-electron chi connectivity index (χ4n) is 2.95. The lowest BCUT2D eigenvalue weighted by atomic mass is 10.2. The number of hydrogen-bond donors (Lipinski definition) is 0. The molecule has 28 heavy (non-hydrogen) atoms. The van der Waals surface area contributed by atoms with E-state index < -0.39 is 5.97 Å². The van der Waals surface area contributed by atoms with Crippen LogP contribution in [0.2, 0.25) is 0 Å². The maximum atomic E-state index is 12.1. The lowest BCUT2D eigenvalue weighted by Crippen LogP contribution is -2.40. The Morgan fingerprint density at radius 2 is 1.89 bits per heavy atom. The van der Waals surface area contributed by atoms with E-state index in [1.807, 2.05) is 42.5 Å². The average molecular weight is 378 g/mol. The van der Waals surface area contributed by atoms with Crippen molar-refractivity contribution in [3.05, 3.63) is 66.4 Å². The van der Waals surface area contributed by atoms with Crippen molar-refractivity contribution in [2.75, 3.05) is 18.1 Å². The van der Waals surface area contributed by atoms with Gasteiger partial charge in [-0.15, -0.1) is 0 Å². The molecule has 0 fully saturated rings. The summed E-state index contributed by atoms with van der Waals surface area (Å²) >= 11 is 0. The summed E-state index contributed by atoms with van der Waals surface area (Å²) in [4.78, 5) is 25.8. The summed E-state index contributed by atoms with van der Waals surface area (Å²) < 4.78 is 15.9. The first-order valence-electron chi connectivity index (χ1n) is 8.89. The number of esters is 1. The average Bonchev–Trinajstić information content (AvgIpc) is 3.21. The maximum Gasteiger partial charge on any atom is 0.307 e. The van der Waals surface area contributed by atoms with Gasteiger partial charge < -0.3 is 18.9 Å². The van der Waals surface area contributed by atoms with E-state index in [1.54, 1.807) is 23.1 Å². The minimum atomic E-state index is -0.416. The molecular weight excluding hydrogens is 360 g/mol. The molecule has 3 aromatic rings. The van der Waals surface area contributed by atoms with Crippen LogP contribution in [0.4, 0.5) is 5.69 Å². The smallest absolute Gasteiger partial charge is 0.307 e. The largest absolute Gasteiger partial charge is 0.482 e. The molecule has 0 bridgehead atoms. The minimum absolute atomic E-state index is 0.0167. The van der Waals surface area contributed by atoms with Gasteiger partial charge in [-0.05, 0) is 12.1 Å². The fraction of sp³-hybridized carbons (Fsp3) is 0.190. The third kappa shape index (κ3) is 3.88. The molecule has 2 aromatic carbocycles. The number of para-hydroxylation sites is 2. The van der Waals surface area contributed by atoms with Crippen LogP contribution >= 0.6 is 0 Å². The Labute approximate surface area is 161 Å². The van der Waals surface area contributed by atoms with E-state index in [1.165, 1.54) is 0 Å². The molecule has 0 saturated carbocycles.